The number of nitrogens with zero attached hydrogens (tertiary/aromatic N) is 2. The van der Waals surface area contributed by atoms with E-state index in [2.05, 4.69) is 16.9 Å². The van der Waals surface area contributed by atoms with Crippen molar-refractivity contribution in [3.05, 3.63) is 40.6 Å². The van der Waals surface area contributed by atoms with E-state index in [9.17, 15) is 4.79 Å². The minimum absolute atomic E-state index is 0.00314. The predicted molar refractivity (Wildman–Crippen MR) is 74.6 cm³/mol. The van der Waals surface area contributed by atoms with Crippen molar-refractivity contribution >= 4 is 5.78 Å². The molecule has 4 nitrogen and oxygen atoms in total. The molecule has 0 aromatic carbocycles. The first-order valence-electron chi connectivity index (χ1n) is 7.04. The third kappa shape index (κ3) is 1.41. The van der Waals surface area contributed by atoms with E-state index in [4.69, 9.17) is 6.57 Å². The molecule has 0 unspecified atom stereocenters. The molecule has 1 heterocycles. The summed E-state index contributed by atoms with van der Waals surface area (Å²) < 4.78 is 2.03. The van der Waals surface area contributed by atoms with Gasteiger partial charge in [-0.3, -0.25) is 0 Å². The van der Waals surface area contributed by atoms with Gasteiger partial charge in [-0.05, 0) is 25.7 Å². The normalized spacial score (nSPS) is 31.1. The highest BCUT2D eigenvalue weighted by molar-refractivity contribution is 6.02. The van der Waals surface area contributed by atoms with Crippen LogP contribution in [0, 0.1) is 17.9 Å². The number of aromatic nitrogens is 2. The molecule has 1 aromatic heterocycles. The number of hydrogen-bond acceptors (Lipinski definition) is 1. The highest BCUT2D eigenvalue weighted by Crippen LogP contribution is 2.53. The Hall–Kier alpha value is -1.89. The van der Waals surface area contributed by atoms with Crippen molar-refractivity contribution in [2.45, 2.75) is 39.0 Å². The lowest BCUT2D eigenvalue weighted by Crippen LogP contribution is -2.55. The fraction of sp³-hybridized carbons (Fsp3) is 0.562. The average Bonchev–Trinajstić information content (AvgIpc) is 2.77. The molecule has 0 fully saturated rings. The molecule has 0 amide bonds. The maximum Gasteiger partial charge on any atom is 0.227 e. The van der Waals surface area contributed by atoms with Crippen LogP contribution in [-0.4, -0.2) is 10.9 Å². The van der Waals surface area contributed by atoms with Gasteiger partial charge in [-0.1, -0.05) is 19.9 Å². The molecule has 20 heavy (non-hydrogen) atoms. The molecular formula is C16H20N3O+. The van der Waals surface area contributed by atoms with E-state index in [1.165, 1.54) is 11.3 Å². The maximum atomic E-state index is 12.5. The molecule has 1 aromatic rings. The molecule has 0 spiro atoms. The number of rotatable bonds is 0. The van der Waals surface area contributed by atoms with Crippen molar-refractivity contribution in [1.29, 1.82) is 0 Å². The minimum Gasteiger partial charge on any atom is -0.307 e. The molecule has 104 valence electrons. The number of carbonyl (C=O) groups excluding carboxylic acids is 1. The van der Waals surface area contributed by atoms with Gasteiger partial charge in [0.2, 0.25) is 11.4 Å². The topological polar surface area (TPSA) is 41.1 Å². The zero-order valence-corrected chi connectivity index (χ0v) is 12.4. The number of hydrogen-bond donors (Lipinski definition) is 1. The maximum absolute atomic E-state index is 12.5. The quantitative estimate of drug-likeness (QED) is 0.569. The van der Waals surface area contributed by atoms with E-state index in [1.54, 1.807) is 0 Å². The number of fused-ring (bicyclic) bond motifs is 3. The monoisotopic (exact) mass is 270 g/mol. The highest BCUT2D eigenvalue weighted by atomic mass is 16.1. The lowest BCUT2D eigenvalue weighted by atomic mass is 9.53. The van der Waals surface area contributed by atoms with Crippen molar-refractivity contribution in [3.63, 3.8) is 0 Å². The van der Waals surface area contributed by atoms with E-state index in [1.807, 2.05) is 37.8 Å². The van der Waals surface area contributed by atoms with Crippen LogP contribution in [0.15, 0.2) is 18.0 Å². The average molecular weight is 270 g/mol. The number of aromatic amines is 1. The molecule has 0 bridgehead atoms. The van der Waals surface area contributed by atoms with E-state index < -0.39 is 5.41 Å². The molecule has 2 atom stereocenters. The molecule has 0 saturated carbocycles. The summed E-state index contributed by atoms with van der Waals surface area (Å²) >= 11 is 0. The lowest BCUT2D eigenvalue weighted by Gasteiger charge is -2.47. The zero-order chi connectivity index (χ0) is 14.7. The molecule has 3 rings (SSSR count). The van der Waals surface area contributed by atoms with Crippen molar-refractivity contribution in [3.8, 4) is 0 Å². The Morgan fingerprint density at radius 3 is 2.80 bits per heavy atom. The fourth-order valence-electron chi connectivity index (χ4n) is 4.39. The van der Waals surface area contributed by atoms with Gasteiger partial charge in [0.15, 0.2) is 12.8 Å². The van der Waals surface area contributed by atoms with Crippen LogP contribution in [-0.2, 0) is 23.7 Å². The van der Waals surface area contributed by atoms with E-state index in [0.29, 0.717) is 5.70 Å². The van der Waals surface area contributed by atoms with E-state index in [0.717, 1.165) is 12.8 Å². The first-order valence-corrected chi connectivity index (χ1v) is 7.04. The Labute approximate surface area is 119 Å². The first kappa shape index (κ1) is 13.1. The van der Waals surface area contributed by atoms with Gasteiger partial charge in [-0.25, -0.2) is 4.85 Å². The van der Waals surface area contributed by atoms with Gasteiger partial charge < -0.3 is 4.79 Å². The number of allylic oxidation sites excluding steroid dienone is 2. The number of Topliss-reactive ketones (excluding diaryl/α,β-unsaturated/α-hetero) is 1. The molecule has 2 aliphatic rings. The summed E-state index contributed by atoms with van der Waals surface area (Å²) in [5.74, 6) is 0.235. The zero-order valence-electron chi connectivity index (χ0n) is 12.4. The first-order chi connectivity index (χ1) is 9.32. The number of aryl methyl sites for hydroxylation is 2. The summed E-state index contributed by atoms with van der Waals surface area (Å²) in [5, 5.41) is 3.23. The van der Waals surface area contributed by atoms with Crippen LogP contribution < -0.4 is 4.68 Å². The number of ketones is 1. The number of H-pyrrole nitrogens is 1. The van der Waals surface area contributed by atoms with Gasteiger partial charge in [0.05, 0.1) is 18.2 Å². The van der Waals surface area contributed by atoms with Gasteiger partial charge in [-0.2, -0.15) is 5.10 Å². The van der Waals surface area contributed by atoms with Gasteiger partial charge in [0, 0.05) is 11.0 Å². The fourth-order valence-corrected chi connectivity index (χ4v) is 4.39. The second-order valence-corrected chi connectivity index (χ2v) is 6.77. The van der Waals surface area contributed by atoms with Crippen LogP contribution in [0.5, 0.6) is 0 Å². The second kappa shape index (κ2) is 3.82. The number of nitrogens with one attached hydrogen (secondary N) is 1. The Morgan fingerprint density at radius 1 is 1.45 bits per heavy atom. The van der Waals surface area contributed by atoms with Crippen LogP contribution in [0.3, 0.4) is 0 Å². The predicted octanol–water partition coefficient (Wildman–Crippen LogP) is 2.07. The highest BCUT2D eigenvalue weighted by Gasteiger charge is 2.57. The van der Waals surface area contributed by atoms with Crippen LogP contribution in [0.2, 0.25) is 0 Å². The smallest absolute Gasteiger partial charge is 0.227 e. The van der Waals surface area contributed by atoms with Crippen molar-refractivity contribution in [2.24, 2.45) is 18.4 Å². The van der Waals surface area contributed by atoms with E-state index in [-0.39, 0.29) is 17.1 Å². The molecule has 0 radical (unpaired) electrons. The lowest BCUT2D eigenvalue weighted by molar-refractivity contribution is -0.737. The second-order valence-electron chi connectivity index (χ2n) is 6.77. The molecule has 1 N–H and O–H groups in total. The van der Waals surface area contributed by atoms with Crippen LogP contribution in [0.1, 0.15) is 38.4 Å². The Kier molecular flexibility index (Phi) is 2.50. The third-order valence-corrected chi connectivity index (χ3v) is 5.25. The van der Waals surface area contributed by atoms with Gasteiger partial charge in [0.25, 0.3) is 0 Å². The van der Waals surface area contributed by atoms with Gasteiger partial charge in [-0.15, -0.1) is 4.68 Å². The van der Waals surface area contributed by atoms with Crippen LogP contribution >= 0.6 is 0 Å². The Bertz CT molecular complexity index is 674. The molecule has 0 aliphatic heterocycles. The van der Waals surface area contributed by atoms with Crippen molar-refractivity contribution in [2.75, 3.05) is 0 Å². The third-order valence-electron chi connectivity index (χ3n) is 5.25. The summed E-state index contributed by atoms with van der Waals surface area (Å²) in [6.45, 7) is 13.5. The molecular weight excluding hydrogens is 250 g/mol. The largest absolute Gasteiger partial charge is 0.307 e. The van der Waals surface area contributed by atoms with Crippen LogP contribution in [0.4, 0.5) is 0 Å². The minimum atomic E-state index is -0.481. The molecule has 2 aliphatic carbocycles. The Balaban J connectivity index is 2.31. The summed E-state index contributed by atoms with van der Waals surface area (Å²) in [7, 11) is 2.00. The standard InChI is InChI=1S/C16H19N3O/c1-15(2)12-7-6-10-9-18-19(5)13(10)16(12,3)8-11(17-4)14(15)20/h8-9,12H,6-7H2,1-3,5H3/p+1/t12-,16-/m0/s1. The van der Waals surface area contributed by atoms with Gasteiger partial charge in [0.1, 0.15) is 0 Å². The van der Waals surface area contributed by atoms with E-state index >= 15 is 0 Å². The van der Waals surface area contributed by atoms with Gasteiger partial charge >= 0.3 is 0 Å². The summed E-state index contributed by atoms with van der Waals surface area (Å²) in [6.07, 6.45) is 5.93. The van der Waals surface area contributed by atoms with Crippen molar-refractivity contribution < 1.29 is 9.48 Å². The van der Waals surface area contributed by atoms with Crippen LogP contribution in [0.25, 0.3) is 4.85 Å². The SMILES string of the molecule is [C-]#[N+]C1=C[C@]2(C)c3c(c[nH][n+]3C)CC[C@H]2C(C)(C)C1=O. The number of carbonyl (C=O) groups is 1. The molecule has 4 heteroatoms. The summed E-state index contributed by atoms with van der Waals surface area (Å²) in [6, 6.07) is 0. The summed E-state index contributed by atoms with van der Waals surface area (Å²) in [5.41, 5.74) is 2.08. The summed E-state index contributed by atoms with van der Waals surface area (Å²) in [4.78, 5) is 16.0. The van der Waals surface area contributed by atoms with Crippen molar-refractivity contribution in [1.82, 2.24) is 5.10 Å². The molecule has 0 saturated heterocycles. The Morgan fingerprint density at radius 2 is 2.15 bits per heavy atom.